The summed E-state index contributed by atoms with van der Waals surface area (Å²) in [6.45, 7) is 6.79. The first-order chi connectivity index (χ1) is 9.35. The normalized spacial score (nSPS) is 12.4. The average Bonchev–Trinajstić information content (AvgIpc) is 2.71. The number of pyridine rings is 1. The number of nitrogens with zero attached hydrogens (tertiary/aromatic N) is 1. The van der Waals surface area contributed by atoms with Gasteiger partial charge in [0.05, 0.1) is 4.70 Å². The highest BCUT2D eigenvalue weighted by atomic mass is 79.9. The fourth-order valence-corrected chi connectivity index (χ4v) is 4.56. The van der Waals surface area contributed by atoms with Crippen LogP contribution in [0.1, 0.15) is 26.3 Å². The summed E-state index contributed by atoms with van der Waals surface area (Å²) in [6.07, 6.45) is 2.85. The summed E-state index contributed by atoms with van der Waals surface area (Å²) in [5.74, 6) is 0. The van der Waals surface area contributed by atoms with Crippen LogP contribution in [0.5, 0.6) is 0 Å². The first-order valence-electron chi connectivity index (χ1n) is 6.50. The Hall–Kier alpha value is -0.640. The number of aromatic nitrogens is 1. The molecule has 0 saturated heterocycles. The van der Waals surface area contributed by atoms with Crippen LogP contribution in [-0.2, 0) is 6.42 Å². The topological polar surface area (TPSA) is 12.9 Å². The van der Waals surface area contributed by atoms with Crippen LogP contribution in [0.15, 0.2) is 28.9 Å². The Kier molecular flexibility index (Phi) is 3.56. The molecule has 0 bridgehead atoms. The number of thiophene rings is 1. The van der Waals surface area contributed by atoms with Crippen molar-refractivity contribution < 1.29 is 0 Å². The molecule has 1 nitrogen and oxygen atoms in total. The molecule has 20 heavy (non-hydrogen) atoms. The summed E-state index contributed by atoms with van der Waals surface area (Å²) in [4.78, 5) is 4.21. The monoisotopic (exact) mass is 367 g/mol. The maximum Gasteiger partial charge on any atom is 0.146 e. The summed E-state index contributed by atoms with van der Waals surface area (Å²) < 4.78 is 3.34. The number of fused-ring (bicyclic) bond motifs is 3. The van der Waals surface area contributed by atoms with Crippen LogP contribution in [0.3, 0.4) is 0 Å². The zero-order valence-corrected chi connectivity index (χ0v) is 14.8. The van der Waals surface area contributed by atoms with Crippen LogP contribution in [0, 0.1) is 5.41 Å². The van der Waals surface area contributed by atoms with E-state index in [1.807, 2.05) is 0 Å². The van der Waals surface area contributed by atoms with Crippen molar-refractivity contribution in [2.24, 2.45) is 5.41 Å². The van der Waals surface area contributed by atoms with Gasteiger partial charge >= 0.3 is 0 Å². The van der Waals surface area contributed by atoms with Gasteiger partial charge in [-0.15, -0.1) is 11.3 Å². The van der Waals surface area contributed by atoms with E-state index < -0.39 is 0 Å². The highest BCUT2D eigenvalue weighted by Gasteiger charge is 2.15. The Labute approximate surface area is 136 Å². The molecule has 3 aromatic rings. The third-order valence-corrected chi connectivity index (χ3v) is 5.37. The second-order valence-corrected chi connectivity index (χ2v) is 8.54. The summed E-state index contributed by atoms with van der Waals surface area (Å²) in [7, 11) is 0. The van der Waals surface area contributed by atoms with Gasteiger partial charge in [0, 0.05) is 26.1 Å². The fraction of sp³-hybridized carbons (Fsp3) is 0.312. The lowest BCUT2D eigenvalue weighted by molar-refractivity contribution is 0.411. The van der Waals surface area contributed by atoms with Crippen molar-refractivity contribution in [3.05, 3.63) is 39.6 Å². The van der Waals surface area contributed by atoms with Gasteiger partial charge in [0.15, 0.2) is 0 Å². The van der Waals surface area contributed by atoms with Gasteiger partial charge in [0.2, 0.25) is 0 Å². The van der Waals surface area contributed by atoms with Gasteiger partial charge in [-0.1, -0.05) is 44.5 Å². The van der Waals surface area contributed by atoms with E-state index in [4.69, 9.17) is 11.6 Å². The van der Waals surface area contributed by atoms with Crippen LogP contribution in [0.2, 0.25) is 5.15 Å². The van der Waals surface area contributed by atoms with Gasteiger partial charge in [-0.2, -0.15) is 0 Å². The number of hydrogen-bond acceptors (Lipinski definition) is 2. The second kappa shape index (κ2) is 4.97. The molecule has 0 radical (unpaired) electrons. The quantitative estimate of drug-likeness (QED) is 0.449. The van der Waals surface area contributed by atoms with Crippen molar-refractivity contribution >= 4 is 59.0 Å². The molecule has 2 heterocycles. The van der Waals surface area contributed by atoms with Crippen molar-refractivity contribution in [1.29, 1.82) is 0 Å². The van der Waals surface area contributed by atoms with Gasteiger partial charge in [0.1, 0.15) is 5.15 Å². The number of benzene rings is 1. The van der Waals surface area contributed by atoms with Crippen LogP contribution < -0.4 is 0 Å². The predicted molar refractivity (Wildman–Crippen MR) is 93.0 cm³/mol. The molecule has 0 atom stereocenters. The molecule has 0 saturated carbocycles. The number of halogens is 2. The van der Waals surface area contributed by atoms with Crippen LogP contribution >= 0.6 is 38.9 Å². The highest BCUT2D eigenvalue weighted by molar-refractivity contribution is 9.10. The Morgan fingerprint density at radius 3 is 2.75 bits per heavy atom. The summed E-state index contributed by atoms with van der Waals surface area (Å²) in [5.41, 5.74) is 1.67. The second-order valence-electron chi connectivity index (χ2n) is 6.27. The highest BCUT2D eigenvalue weighted by Crippen LogP contribution is 2.41. The Morgan fingerprint density at radius 1 is 1.30 bits per heavy atom. The van der Waals surface area contributed by atoms with Crippen molar-refractivity contribution in [2.45, 2.75) is 27.2 Å². The van der Waals surface area contributed by atoms with Gasteiger partial charge in [0.25, 0.3) is 0 Å². The van der Waals surface area contributed by atoms with Crippen LogP contribution in [0.25, 0.3) is 20.2 Å². The van der Waals surface area contributed by atoms with E-state index in [2.05, 4.69) is 59.9 Å². The zero-order valence-electron chi connectivity index (χ0n) is 11.6. The van der Waals surface area contributed by atoms with E-state index in [1.165, 1.54) is 21.0 Å². The minimum absolute atomic E-state index is 0.296. The summed E-state index contributed by atoms with van der Waals surface area (Å²) >= 11 is 11.5. The lowest BCUT2D eigenvalue weighted by Gasteiger charge is -2.17. The predicted octanol–water partition coefficient (Wildman–Crippen LogP) is 6.45. The molecule has 0 amide bonds. The van der Waals surface area contributed by atoms with Gasteiger partial charge in [-0.05, 0) is 39.4 Å². The Morgan fingerprint density at radius 2 is 2.05 bits per heavy atom. The molecular weight excluding hydrogens is 354 g/mol. The Balaban J connectivity index is 2.24. The molecule has 0 aliphatic carbocycles. The van der Waals surface area contributed by atoms with Gasteiger partial charge in [-0.3, -0.25) is 0 Å². The average molecular weight is 369 g/mol. The minimum atomic E-state index is 0.296. The van der Waals surface area contributed by atoms with Crippen molar-refractivity contribution in [3.63, 3.8) is 0 Å². The molecule has 0 fully saturated rings. The van der Waals surface area contributed by atoms with Crippen molar-refractivity contribution in [2.75, 3.05) is 0 Å². The molecule has 4 heteroatoms. The maximum atomic E-state index is 6.23. The lowest BCUT2D eigenvalue weighted by atomic mass is 9.88. The molecular formula is C16H15BrClNS. The van der Waals surface area contributed by atoms with Crippen molar-refractivity contribution in [1.82, 2.24) is 4.98 Å². The third kappa shape index (κ3) is 2.59. The zero-order chi connectivity index (χ0) is 14.5. The van der Waals surface area contributed by atoms with E-state index in [0.717, 1.165) is 15.6 Å². The Bertz CT molecular complexity index is 801. The molecule has 1 aromatic carbocycles. The smallest absolute Gasteiger partial charge is 0.146 e. The van der Waals surface area contributed by atoms with Crippen molar-refractivity contribution in [3.8, 4) is 0 Å². The van der Waals surface area contributed by atoms with Gasteiger partial charge < -0.3 is 0 Å². The molecule has 2 aromatic heterocycles. The minimum Gasteiger partial charge on any atom is -0.242 e. The van der Waals surface area contributed by atoms with Crippen LogP contribution in [0.4, 0.5) is 0 Å². The SMILES string of the molecule is CC(C)(C)Cc1ccc2c(c1)sc1c(Cl)ncc(Br)c12. The largest absolute Gasteiger partial charge is 0.242 e. The summed E-state index contributed by atoms with van der Waals surface area (Å²) in [6, 6.07) is 6.71. The van der Waals surface area contributed by atoms with E-state index >= 15 is 0 Å². The lowest BCUT2D eigenvalue weighted by Crippen LogP contribution is -2.08. The fourth-order valence-electron chi connectivity index (χ4n) is 2.48. The van der Waals surface area contributed by atoms with E-state index in [9.17, 15) is 0 Å². The van der Waals surface area contributed by atoms with E-state index in [0.29, 0.717) is 10.6 Å². The maximum absolute atomic E-state index is 6.23. The molecule has 0 spiro atoms. The first-order valence-corrected chi connectivity index (χ1v) is 8.49. The molecule has 3 rings (SSSR count). The molecule has 0 aliphatic rings. The molecule has 0 aliphatic heterocycles. The van der Waals surface area contributed by atoms with E-state index in [-0.39, 0.29) is 0 Å². The number of hydrogen-bond donors (Lipinski definition) is 0. The molecule has 0 unspecified atom stereocenters. The van der Waals surface area contributed by atoms with Gasteiger partial charge in [-0.25, -0.2) is 4.98 Å². The van der Waals surface area contributed by atoms with Crippen LogP contribution in [-0.4, -0.2) is 4.98 Å². The molecule has 0 N–H and O–H groups in total. The number of rotatable bonds is 1. The summed E-state index contributed by atoms with van der Waals surface area (Å²) in [5, 5.41) is 3.01. The van der Waals surface area contributed by atoms with E-state index in [1.54, 1.807) is 17.5 Å². The molecule has 104 valence electrons. The third-order valence-electron chi connectivity index (χ3n) is 3.21. The standard InChI is InChI=1S/C16H15BrClNS/c1-16(2,3)7-9-4-5-10-12(6-9)20-14-13(10)11(17)8-19-15(14)18/h4-6,8H,7H2,1-3H3. The first kappa shape index (κ1) is 14.3.